The molecule has 0 saturated carbocycles. The highest BCUT2D eigenvalue weighted by Crippen LogP contribution is 2.14. The van der Waals surface area contributed by atoms with Crippen LogP contribution in [0, 0.1) is 0 Å². The molecule has 61 heavy (non-hydrogen) atoms. The largest absolute Gasteiger partial charge is 0.462 e. The summed E-state index contributed by atoms with van der Waals surface area (Å²) in [7, 11) is 0. The number of esters is 3. The van der Waals surface area contributed by atoms with Gasteiger partial charge in [-0.3, -0.25) is 14.4 Å². The van der Waals surface area contributed by atoms with E-state index in [4.69, 9.17) is 14.2 Å². The molecule has 1 unspecified atom stereocenters. The summed E-state index contributed by atoms with van der Waals surface area (Å²) in [6, 6.07) is 0. The molecule has 0 radical (unpaired) electrons. The third kappa shape index (κ3) is 47.5. The fourth-order valence-electron chi connectivity index (χ4n) is 6.67. The molecule has 0 aliphatic heterocycles. The van der Waals surface area contributed by atoms with Crippen LogP contribution in [-0.2, 0) is 28.6 Å². The lowest BCUT2D eigenvalue weighted by Gasteiger charge is -2.18. The fourth-order valence-corrected chi connectivity index (χ4v) is 6.67. The lowest BCUT2D eigenvalue weighted by atomic mass is 10.0. The van der Waals surface area contributed by atoms with E-state index in [0.717, 1.165) is 89.9 Å². The summed E-state index contributed by atoms with van der Waals surface area (Å²) in [6.07, 6.45) is 63.0. The van der Waals surface area contributed by atoms with Gasteiger partial charge in [-0.1, -0.05) is 221 Å². The van der Waals surface area contributed by atoms with Crippen LogP contribution >= 0.6 is 0 Å². The predicted octanol–water partition coefficient (Wildman–Crippen LogP) is 16.4. The highest BCUT2D eigenvalue weighted by Gasteiger charge is 2.19. The first-order chi connectivity index (χ1) is 30.0. The third-order valence-electron chi connectivity index (χ3n) is 10.4. The number of rotatable bonds is 44. The van der Waals surface area contributed by atoms with Crippen LogP contribution in [-0.4, -0.2) is 37.2 Å². The molecule has 6 nitrogen and oxygen atoms in total. The first-order valence-electron chi connectivity index (χ1n) is 25.1. The molecule has 0 aliphatic carbocycles. The van der Waals surface area contributed by atoms with Gasteiger partial charge in [-0.25, -0.2) is 0 Å². The zero-order valence-corrected chi connectivity index (χ0v) is 39.7. The molecule has 0 rings (SSSR count). The molecule has 0 aromatic rings. The lowest BCUT2D eigenvalue weighted by molar-refractivity contribution is -0.167. The molecule has 0 fully saturated rings. The average Bonchev–Trinajstić information content (AvgIpc) is 3.26. The van der Waals surface area contributed by atoms with Crippen molar-refractivity contribution >= 4 is 17.9 Å². The monoisotopic (exact) mass is 849 g/mol. The minimum absolute atomic E-state index is 0.0930. The molecule has 0 aromatic carbocycles. The first kappa shape index (κ1) is 57.6. The van der Waals surface area contributed by atoms with Gasteiger partial charge in [0.05, 0.1) is 0 Å². The Morgan fingerprint density at radius 2 is 0.639 bits per heavy atom. The van der Waals surface area contributed by atoms with Crippen molar-refractivity contribution in [2.75, 3.05) is 13.2 Å². The van der Waals surface area contributed by atoms with Gasteiger partial charge in [0.1, 0.15) is 13.2 Å². The third-order valence-corrected chi connectivity index (χ3v) is 10.4. The van der Waals surface area contributed by atoms with Crippen LogP contribution in [0.4, 0.5) is 0 Å². The van der Waals surface area contributed by atoms with Crippen LogP contribution in [0.1, 0.15) is 226 Å². The molecule has 0 aromatic heterocycles. The highest BCUT2D eigenvalue weighted by molar-refractivity contribution is 5.71. The van der Waals surface area contributed by atoms with Crippen molar-refractivity contribution in [2.24, 2.45) is 0 Å². The fraction of sp³-hybridized carbons (Fsp3) is 0.691. The van der Waals surface area contributed by atoms with Crippen molar-refractivity contribution in [3.05, 3.63) is 85.1 Å². The molecule has 0 spiro atoms. The minimum atomic E-state index is -0.794. The van der Waals surface area contributed by atoms with E-state index in [-0.39, 0.29) is 37.5 Å². The zero-order chi connectivity index (χ0) is 44.4. The maximum Gasteiger partial charge on any atom is 0.306 e. The standard InChI is InChI=1S/C55H92O6/c1-4-7-10-13-16-18-20-22-23-24-25-26-27-28-29-30-31-33-34-36-39-42-45-48-54(57)60-51-52(50-59-53(56)47-44-41-38-15-12-9-6-3)61-55(58)49-46-43-40-37-35-32-21-19-17-14-11-8-5-2/h7,10,16,18,22-23,25-26,28-29,31,33,36,39,52H,4-6,8-9,11-15,17,19-21,24,27,30,32,34-35,37-38,40-51H2,1-3H3/b10-7-,18-16-,23-22-,26-25-,29-28-,33-31-,39-36-. The minimum Gasteiger partial charge on any atom is -0.462 e. The Hall–Kier alpha value is -3.41. The lowest BCUT2D eigenvalue weighted by Crippen LogP contribution is -2.30. The van der Waals surface area contributed by atoms with Crippen LogP contribution in [0.2, 0.25) is 0 Å². The predicted molar refractivity (Wildman–Crippen MR) is 261 cm³/mol. The summed E-state index contributed by atoms with van der Waals surface area (Å²) in [6.45, 7) is 6.42. The van der Waals surface area contributed by atoms with Gasteiger partial charge >= 0.3 is 17.9 Å². The molecule has 0 bridgehead atoms. The quantitative estimate of drug-likeness (QED) is 0.0263. The van der Waals surface area contributed by atoms with Crippen LogP contribution in [0.3, 0.4) is 0 Å². The van der Waals surface area contributed by atoms with Gasteiger partial charge in [-0.15, -0.1) is 0 Å². The highest BCUT2D eigenvalue weighted by atomic mass is 16.6. The molecule has 0 saturated heterocycles. The number of hydrogen-bond donors (Lipinski definition) is 0. The normalized spacial score (nSPS) is 12.8. The summed E-state index contributed by atoms with van der Waals surface area (Å²) in [5.41, 5.74) is 0. The van der Waals surface area contributed by atoms with E-state index in [1.54, 1.807) is 0 Å². The molecular weight excluding hydrogens is 757 g/mol. The number of hydrogen-bond acceptors (Lipinski definition) is 6. The van der Waals surface area contributed by atoms with E-state index in [9.17, 15) is 14.4 Å². The van der Waals surface area contributed by atoms with Gasteiger partial charge in [0.25, 0.3) is 0 Å². The SMILES string of the molecule is CC/C=C\C/C=C\C/C=C\C/C=C\C/C=C\C/C=C\C/C=C\CCCC(=O)OCC(COC(=O)CCCCCCCCC)OC(=O)CCCCCCCCCCCCCCC. The van der Waals surface area contributed by atoms with E-state index < -0.39 is 6.10 Å². The van der Waals surface area contributed by atoms with Crippen molar-refractivity contribution in [3.63, 3.8) is 0 Å². The molecule has 0 N–H and O–H groups in total. The maximum absolute atomic E-state index is 12.7. The molecule has 1 atom stereocenters. The van der Waals surface area contributed by atoms with Gasteiger partial charge < -0.3 is 14.2 Å². The van der Waals surface area contributed by atoms with Gasteiger partial charge in [-0.05, 0) is 70.6 Å². The summed E-state index contributed by atoms with van der Waals surface area (Å²) < 4.78 is 16.6. The molecule has 0 amide bonds. The second-order valence-electron chi connectivity index (χ2n) is 16.4. The molecule has 0 aliphatic rings. The second-order valence-corrected chi connectivity index (χ2v) is 16.4. The molecule has 348 valence electrons. The topological polar surface area (TPSA) is 78.9 Å². The average molecular weight is 849 g/mol. The molecular formula is C55H92O6. The van der Waals surface area contributed by atoms with Crippen LogP contribution in [0.25, 0.3) is 0 Å². The maximum atomic E-state index is 12.7. The van der Waals surface area contributed by atoms with E-state index in [1.165, 1.54) is 89.9 Å². The Balaban J connectivity index is 4.35. The number of carbonyl (C=O) groups is 3. The zero-order valence-electron chi connectivity index (χ0n) is 39.7. The van der Waals surface area contributed by atoms with Gasteiger partial charge in [0, 0.05) is 19.3 Å². The number of allylic oxidation sites excluding steroid dienone is 14. The van der Waals surface area contributed by atoms with Gasteiger partial charge in [0.2, 0.25) is 0 Å². The Morgan fingerprint density at radius 1 is 0.344 bits per heavy atom. The van der Waals surface area contributed by atoms with Crippen LogP contribution in [0.5, 0.6) is 0 Å². The van der Waals surface area contributed by atoms with Crippen molar-refractivity contribution in [3.8, 4) is 0 Å². The van der Waals surface area contributed by atoms with Crippen LogP contribution < -0.4 is 0 Å². The van der Waals surface area contributed by atoms with Crippen molar-refractivity contribution in [1.82, 2.24) is 0 Å². The van der Waals surface area contributed by atoms with Crippen molar-refractivity contribution in [1.29, 1.82) is 0 Å². The summed E-state index contributed by atoms with van der Waals surface area (Å²) >= 11 is 0. The number of unbranched alkanes of at least 4 members (excludes halogenated alkanes) is 19. The first-order valence-corrected chi connectivity index (χ1v) is 25.1. The molecule has 0 heterocycles. The van der Waals surface area contributed by atoms with E-state index >= 15 is 0 Å². The number of carbonyl (C=O) groups excluding carboxylic acids is 3. The van der Waals surface area contributed by atoms with Crippen molar-refractivity contribution < 1.29 is 28.6 Å². The van der Waals surface area contributed by atoms with E-state index in [2.05, 4.69) is 106 Å². The number of ether oxygens (including phenoxy) is 3. The summed E-state index contributed by atoms with van der Waals surface area (Å²) in [5, 5.41) is 0. The van der Waals surface area contributed by atoms with Crippen molar-refractivity contribution in [2.45, 2.75) is 232 Å². The smallest absolute Gasteiger partial charge is 0.306 e. The van der Waals surface area contributed by atoms with Gasteiger partial charge in [0.15, 0.2) is 6.10 Å². The summed E-state index contributed by atoms with van der Waals surface area (Å²) in [5.74, 6) is -0.963. The summed E-state index contributed by atoms with van der Waals surface area (Å²) in [4.78, 5) is 37.7. The van der Waals surface area contributed by atoms with Gasteiger partial charge in [-0.2, -0.15) is 0 Å². The second kappa shape index (κ2) is 49.2. The van der Waals surface area contributed by atoms with E-state index in [0.29, 0.717) is 19.3 Å². The van der Waals surface area contributed by atoms with Crippen LogP contribution in [0.15, 0.2) is 85.1 Å². The van der Waals surface area contributed by atoms with E-state index in [1.807, 2.05) is 0 Å². The Bertz CT molecular complexity index is 1200. The molecule has 6 heteroatoms. The Morgan fingerprint density at radius 3 is 1.00 bits per heavy atom. The Kier molecular flexibility index (Phi) is 46.5. The Labute approximate surface area is 375 Å².